The first-order chi connectivity index (χ1) is 13.2. The monoisotopic (exact) mass is 414 g/mol. The van der Waals surface area contributed by atoms with Crippen LogP contribution in [-0.2, 0) is 16.9 Å². The minimum atomic E-state index is -3.34. The molecule has 0 aliphatic carbocycles. The van der Waals surface area contributed by atoms with Crippen LogP contribution < -0.4 is 10.2 Å². The van der Waals surface area contributed by atoms with Gasteiger partial charge in [0.2, 0.25) is 0 Å². The van der Waals surface area contributed by atoms with E-state index in [9.17, 15) is 18.0 Å². The van der Waals surface area contributed by atoms with Crippen molar-refractivity contribution >= 4 is 48.3 Å². The van der Waals surface area contributed by atoms with Crippen LogP contribution in [0.15, 0.2) is 67.6 Å². The van der Waals surface area contributed by atoms with Gasteiger partial charge in [-0.25, -0.2) is 8.42 Å². The average molecular weight is 414 g/mol. The fourth-order valence-electron chi connectivity index (χ4n) is 2.80. The molecule has 1 amide bonds. The van der Waals surface area contributed by atoms with E-state index in [0.29, 0.717) is 20.5 Å². The Balaban J connectivity index is 1.84. The molecule has 4 rings (SSSR count). The number of hydrogen-bond acceptors (Lipinski definition) is 6. The number of para-hydroxylation sites is 1. The highest BCUT2D eigenvalue weighted by atomic mass is 32.2. The number of sulfone groups is 1. The lowest BCUT2D eigenvalue weighted by Gasteiger charge is -1.99. The largest absolute Gasteiger partial charge is 0.451 e. The number of nitrogens with zero attached hydrogens (tertiary/aromatic N) is 2. The summed E-state index contributed by atoms with van der Waals surface area (Å²) in [4.78, 5) is 29.4. The van der Waals surface area contributed by atoms with Gasteiger partial charge in [0, 0.05) is 19.4 Å². The van der Waals surface area contributed by atoms with E-state index in [2.05, 4.69) is 4.99 Å². The zero-order chi connectivity index (χ0) is 20.1. The van der Waals surface area contributed by atoms with E-state index in [-0.39, 0.29) is 16.1 Å². The van der Waals surface area contributed by atoms with Crippen LogP contribution >= 0.6 is 11.3 Å². The van der Waals surface area contributed by atoms with E-state index in [1.807, 2.05) is 0 Å². The fraction of sp³-hybridized carbons (Fsp3) is 0.105. The van der Waals surface area contributed by atoms with Gasteiger partial charge in [0.25, 0.3) is 0 Å². The maximum absolute atomic E-state index is 12.6. The van der Waals surface area contributed by atoms with E-state index in [0.717, 1.165) is 17.8 Å². The van der Waals surface area contributed by atoms with Crippen LogP contribution in [0.25, 0.3) is 21.2 Å². The third-order valence-electron chi connectivity index (χ3n) is 4.25. The van der Waals surface area contributed by atoms with E-state index < -0.39 is 15.7 Å². The lowest BCUT2D eigenvalue weighted by Crippen LogP contribution is -2.14. The predicted molar refractivity (Wildman–Crippen MR) is 106 cm³/mol. The molecule has 9 heteroatoms. The van der Waals surface area contributed by atoms with Gasteiger partial charge in [-0.05, 0) is 30.3 Å². The Bertz CT molecular complexity index is 1490. The maximum atomic E-state index is 12.6. The smallest absolute Gasteiger partial charge is 0.315 e. The second-order valence-corrected chi connectivity index (χ2v) is 9.26. The molecule has 2 aromatic carbocycles. The summed E-state index contributed by atoms with van der Waals surface area (Å²) in [5.74, 6) is -0.841. The van der Waals surface area contributed by atoms with E-state index >= 15 is 0 Å². The molecule has 0 unspecified atom stereocenters. The number of amides is 1. The number of fused-ring (bicyclic) bond motifs is 2. The molecular formula is C19H14N2O5S2. The molecule has 0 saturated carbocycles. The molecule has 2 heterocycles. The zero-order valence-corrected chi connectivity index (χ0v) is 16.5. The van der Waals surface area contributed by atoms with E-state index in [1.54, 1.807) is 48.0 Å². The normalized spacial score (nSPS) is 12.7. The number of thiazole rings is 1. The molecular weight excluding hydrogens is 400 g/mol. The van der Waals surface area contributed by atoms with Crippen molar-refractivity contribution in [1.29, 1.82) is 0 Å². The number of carbonyl (C=O) groups excluding carboxylic acids is 1. The molecule has 0 bridgehead atoms. The first-order valence-corrected chi connectivity index (χ1v) is 10.9. The van der Waals surface area contributed by atoms with Gasteiger partial charge in [-0.15, -0.1) is 0 Å². The minimum Gasteiger partial charge on any atom is -0.451 e. The van der Waals surface area contributed by atoms with Crippen molar-refractivity contribution in [3.8, 4) is 0 Å². The zero-order valence-electron chi connectivity index (χ0n) is 14.9. The van der Waals surface area contributed by atoms with Gasteiger partial charge < -0.3 is 8.98 Å². The highest BCUT2D eigenvalue weighted by Gasteiger charge is 2.14. The lowest BCUT2D eigenvalue weighted by atomic mass is 10.2. The Hall–Kier alpha value is -3.04. The summed E-state index contributed by atoms with van der Waals surface area (Å²) in [7, 11) is -1.62. The third kappa shape index (κ3) is 3.19. The first kappa shape index (κ1) is 18.3. The highest BCUT2D eigenvalue weighted by molar-refractivity contribution is 7.90. The number of hydrogen-bond donors (Lipinski definition) is 0. The van der Waals surface area contributed by atoms with Crippen LogP contribution in [0.2, 0.25) is 0 Å². The van der Waals surface area contributed by atoms with Crippen LogP contribution in [0.3, 0.4) is 0 Å². The van der Waals surface area contributed by atoms with E-state index in [4.69, 9.17) is 4.42 Å². The summed E-state index contributed by atoms with van der Waals surface area (Å²) in [6.45, 7) is 0. The van der Waals surface area contributed by atoms with Crippen molar-refractivity contribution < 1.29 is 17.6 Å². The topological polar surface area (TPSA) is 98.7 Å². The van der Waals surface area contributed by atoms with Crippen molar-refractivity contribution in [3.05, 3.63) is 69.3 Å². The lowest BCUT2D eigenvalue weighted by molar-refractivity contribution is 0.0972. The van der Waals surface area contributed by atoms with Gasteiger partial charge in [-0.2, -0.15) is 4.99 Å². The average Bonchev–Trinajstić information content (AvgIpc) is 2.96. The molecule has 4 aromatic rings. The number of benzene rings is 2. The fourth-order valence-corrected chi connectivity index (χ4v) is 4.58. The third-order valence-corrected chi connectivity index (χ3v) is 6.46. The highest BCUT2D eigenvalue weighted by Crippen LogP contribution is 2.21. The Kier molecular flexibility index (Phi) is 4.28. The Morgan fingerprint density at radius 3 is 2.64 bits per heavy atom. The summed E-state index contributed by atoms with van der Waals surface area (Å²) in [5, 5.41) is 0.389. The maximum Gasteiger partial charge on any atom is 0.315 e. The van der Waals surface area contributed by atoms with Gasteiger partial charge in [0.15, 0.2) is 25.8 Å². The molecule has 2 aromatic heterocycles. The summed E-state index contributed by atoms with van der Waals surface area (Å²) in [6.07, 6.45) is 1.14. The second-order valence-electron chi connectivity index (χ2n) is 6.23. The Morgan fingerprint density at radius 1 is 1.14 bits per heavy atom. The summed E-state index contributed by atoms with van der Waals surface area (Å²) >= 11 is 1.18. The van der Waals surface area contributed by atoms with Crippen molar-refractivity contribution in [3.63, 3.8) is 0 Å². The van der Waals surface area contributed by atoms with Gasteiger partial charge in [0.1, 0.15) is 5.58 Å². The minimum absolute atomic E-state index is 0.155. The molecule has 0 N–H and O–H groups in total. The van der Waals surface area contributed by atoms with Crippen LogP contribution in [0.5, 0.6) is 0 Å². The molecule has 0 aliphatic rings. The van der Waals surface area contributed by atoms with E-state index in [1.165, 1.54) is 17.4 Å². The number of aryl methyl sites for hydroxylation is 1. The molecule has 0 spiro atoms. The Labute approximate surface area is 163 Å². The van der Waals surface area contributed by atoms with Gasteiger partial charge in [-0.3, -0.25) is 9.59 Å². The van der Waals surface area contributed by atoms with Crippen molar-refractivity contribution in [2.45, 2.75) is 4.90 Å². The van der Waals surface area contributed by atoms with Gasteiger partial charge in [0.05, 0.1) is 20.5 Å². The van der Waals surface area contributed by atoms with Crippen LogP contribution in [0.1, 0.15) is 10.6 Å². The van der Waals surface area contributed by atoms with Crippen LogP contribution in [0, 0.1) is 0 Å². The van der Waals surface area contributed by atoms with Crippen molar-refractivity contribution in [2.75, 3.05) is 6.26 Å². The number of aromatic nitrogens is 1. The van der Waals surface area contributed by atoms with Gasteiger partial charge in [-0.1, -0.05) is 23.5 Å². The molecule has 0 saturated heterocycles. The Morgan fingerprint density at radius 2 is 1.89 bits per heavy atom. The SMILES string of the molecule is Cn1c(=NC(=O)c2cc(=O)c3ccccc3o2)sc2cc(S(C)(=O)=O)ccc21. The number of rotatable bonds is 2. The molecule has 0 fully saturated rings. The quantitative estimate of drug-likeness (QED) is 0.502. The first-order valence-electron chi connectivity index (χ1n) is 8.15. The molecule has 142 valence electrons. The van der Waals surface area contributed by atoms with Crippen molar-refractivity contribution in [1.82, 2.24) is 4.57 Å². The molecule has 0 radical (unpaired) electrons. The summed E-state index contributed by atoms with van der Waals surface area (Å²) < 4.78 is 31.4. The summed E-state index contributed by atoms with van der Waals surface area (Å²) in [6, 6.07) is 12.5. The van der Waals surface area contributed by atoms with Crippen molar-refractivity contribution in [2.24, 2.45) is 12.0 Å². The van der Waals surface area contributed by atoms with Crippen LogP contribution in [-0.4, -0.2) is 25.1 Å². The standard InChI is InChI=1S/C19H14N2O5S2/c1-21-13-8-7-11(28(2,24)25)9-17(13)27-19(21)20-18(23)16-10-14(22)12-5-3-4-6-15(12)26-16/h3-10H,1-2H3. The predicted octanol–water partition coefficient (Wildman–Crippen LogP) is 2.49. The molecule has 28 heavy (non-hydrogen) atoms. The van der Waals surface area contributed by atoms with Crippen LogP contribution in [0.4, 0.5) is 0 Å². The number of carbonyl (C=O) groups is 1. The molecule has 0 aliphatic heterocycles. The van der Waals surface area contributed by atoms with Gasteiger partial charge >= 0.3 is 5.91 Å². The summed E-state index contributed by atoms with van der Waals surface area (Å²) in [5.41, 5.74) is 0.731. The molecule has 0 atom stereocenters. The molecule has 7 nitrogen and oxygen atoms in total. The second kappa shape index (κ2) is 6.54.